The molecule has 4 nitrogen and oxygen atoms in total. The van der Waals surface area contributed by atoms with Gasteiger partial charge in [0.05, 0.1) is 7.11 Å². The fourth-order valence-electron chi connectivity index (χ4n) is 0.763. The molecule has 1 aromatic carbocycles. The number of aliphatic carboxylic acids is 1. The number of carbonyl (C=O) groups excluding carboxylic acids is 1. The van der Waals surface area contributed by atoms with Gasteiger partial charge in [0.15, 0.2) is 0 Å². The molecule has 0 heterocycles. The second kappa shape index (κ2) is 19.9. The van der Waals surface area contributed by atoms with E-state index in [0.29, 0.717) is 5.57 Å². The highest BCUT2D eigenvalue weighted by Gasteiger charge is 1.95. The number of esters is 1. The zero-order valence-electron chi connectivity index (χ0n) is 14.4. The number of carbonyl (C=O) groups is 2. The molecule has 4 heteroatoms. The van der Waals surface area contributed by atoms with Crippen LogP contribution in [0.2, 0.25) is 0 Å². The normalized spacial score (nSPS) is 7.25. The lowest BCUT2D eigenvalue weighted by atomic mass is 10.2. The van der Waals surface area contributed by atoms with Crippen molar-refractivity contribution in [3.05, 3.63) is 92.6 Å². The van der Waals surface area contributed by atoms with E-state index < -0.39 is 5.97 Å². The van der Waals surface area contributed by atoms with Gasteiger partial charge in [-0.05, 0) is 12.5 Å². The van der Waals surface area contributed by atoms with Crippen molar-refractivity contribution in [3.63, 3.8) is 0 Å². The molecule has 0 aromatic heterocycles. The first-order valence-corrected chi connectivity index (χ1v) is 6.80. The number of methoxy groups -OCH3 is 1. The van der Waals surface area contributed by atoms with Gasteiger partial charge in [0.2, 0.25) is 0 Å². The SMILES string of the molecule is C=C(C)C(=O)OC.C=CC(=O)O.C=CC=C.C=Cc1ccccc1. The Morgan fingerprint density at radius 1 is 1.04 bits per heavy atom. The Morgan fingerprint density at radius 2 is 1.46 bits per heavy atom. The summed E-state index contributed by atoms with van der Waals surface area (Å²) in [5.74, 6) is -1.33. The first-order chi connectivity index (χ1) is 11.3. The van der Waals surface area contributed by atoms with Crippen LogP contribution in [0, 0.1) is 0 Å². The van der Waals surface area contributed by atoms with Crippen molar-refractivity contribution in [1.82, 2.24) is 0 Å². The molecule has 130 valence electrons. The van der Waals surface area contributed by atoms with Crippen LogP contribution in [0.1, 0.15) is 12.5 Å². The zero-order valence-corrected chi connectivity index (χ0v) is 14.4. The van der Waals surface area contributed by atoms with Crippen molar-refractivity contribution in [2.75, 3.05) is 7.11 Å². The molecule has 24 heavy (non-hydrogen) atoms. The second-order valence-corrected chi connectivity index (χ2v) is 3.90. The minimum absolute atomic E-state index is 0.347. The summed E-state index contributed by atoms with van der Waals surface area (Å²) >= 11 is 0. The van der Waals surface area contributed by atoms with Crippen molar-refractivity contribution in [2.45, 2.75) is 6.92 Å². The van der Waals surface area contributed by atoms with E-state index in [9.17, 15) is 9.59 Å². The lowest BCUT2D eigenvalue weighted by Gasteiger charge is -1.91. The van der Waals surface area contributed by atoms with E-state index in [1.165, 1.54) is 12.7 Å². The number of hydrogen-bond acceptors (Lipinski definition) is 3. The summed E-state index contributed by atoms with van der Waals surface area (Å²) in [6.07, 6.45) is 5.94. The molecule has 1 N–H and O–H groups in total. The highest BCUT2D eigenvalue weighted by atomic mass is 16.5. The summed E-state index contributed by atoms with van der Waals surface area (Å²) in [7, 11) is 1.33. The molecular weight excluding hydrogens is 304 g/mol. The average molecular weight is 330 g/mol. The third kappa shape index (κ3) is 23.9. The van der Waals surface area contributed by atoms with Crippen molar-refractivity contribution in [1.29, 1.82) is 0 Å². The largest absolute Gasteiger partial charge is 0.478 e. The summed E-state index contributed by atoms with van der Waals surface area (Å²) in [4.78, 5) is 19.4. The second-order valence-electron chi connectivity index (χ2n) is 3.90. The molecule has 0 fully saturated rings. The minimum Gasteiger partial charge on any atom is -0.478 e. The molecule has 0 spiro atoms. The van der Waals surface area contributed by atoms with Gasteiger partial charge in [-0.1, -0.05) is 81.5 Å². The fraction of sp³-hybridized carbons (Fsp3) is 0.100. The number of hydrogen-bond donors (Lipinski definition) is 1. The van der Waals surface area contributed by atoms with Gasteiger partial charge in [-0.15, -0.1) is 0 Å². The van der Waals surface area contributed by atoms with Crippen LogP contribution in [-0.2, 0) is 14.3 Å². The Bertz CT molecular complexity index is 522. The average Bonchev–Trinajstić information content (AvgIpc) is 2.62. The van der Waals surface area contributed by atoms with Crippen LogP contribution in [0.4, 0.5) is 0 Å². The van der Waals surface area contributed by atoms with Crippen LogP contribution >= 0.6 is 0 Å². The quantitative estimate of drug-likeness (QED) is 0.494. The van der Waals surface area contributed by atoms with Gasteiger partial charge >= 0.3 is 11.9 Å². The number of benzene rings is 1. The molecule has 0 saturated heterocycles. The number of carboxylic acid groups (broad SMARTS) is 1. The Hall–Kier alpha value is -3.14. The topological polar surface area (TPSA) is 63.6 Å². The molecule has 0 aliphatic heterocycles. The monoisotopic (exact) mass is 330 g/mol. The highest BCUT2D eigenvalue weighted by Crippen LogP contribution is 1.97. The van der Waals surface area contributed by atoms with Crippen molar-refractivity contribution in [3.8, 4) is 0 Å². The van der Waals surface area contributed by atoms with Crippen LogP contribution in [0.25, 0.3) is 6.08 Å². The summed E-state index contributed by atoms with van der Waals surface area (Å²) in [6.45, 7) is 18.3. The highest BCUT2D eigenvalue weighted by molar-refractivity contribution is 5.86. The maximum atomic E-state index is 10.2. The number of allylic oxidation sites excluding steroid dienone is 2. The van der Waals surface area contributed by atoms with Gasteiger partial charge in [0.25, 0.3) is 0 Å². The molecule has 1 rings (SSSR count). The van der Waals surface area contributed by atoms with Gasteiger partial charge in [0, 0.05) is 11.6 Å². The maximum Gasteiger partial charge on any atom is 0.332 e. The fourth-order valence-corrected chi connectivity index (χ4v) is 0.763. The molecular formula is C20H26O4. The van der Waals surface area contributed by atoms with Gasteiger partial charge in [0.1, 0.15) is 0 Å². The predicted molar refractivity (Wildman–Crippen MR) is 102 cm³/mol. The van der Waals surface area contributed by atoms with Crippen LogP contribution < -0.4 is 0 Å². The van der Waals surface area contributed by atoms with Crippen LogP contribution in [0.15, 0.2) is 87.0 Å². The summed E-state index contributed by atoms with van der Waals surface area (Å²) in [5.41, 5.74) is 1.61. The minimum atomic E-state index is -0.981. The van der Waals surface area contributed by atoms with E-state index in [2.05, 4.69) is 37.6 Å². The first kappa shape index (κ1) is 25.8. The molecule has 1 aromatic rings. The van der Waals surface area contributed by atoms with E-state index >= 15 is 0 Å². The third-order valence-electron chi connectivity index (χ3n) is 1.91. The van der Waals surface area contributed by atoms with E-state index in [4.69, 9.17) is 5.11 Å². The number of carboxylic acids is 1. The molecule has 0 bridgehead atoms. The lowest BCUT2D eigenvalue weighted by molar-refractivity contribution is -0.136. The van der Waals surface area contributed by atoms with E-state index in [1.807, 2.05) is 36.4 Å². The van der Waals surface area contributed by atoms with Crippen molar-refractivity contribution < 1.29 is 19.4 Å². The van der Waals surface area contributed by atoms with Crippen molar-refractivity contribution in [2.24, 2.45) is 0 Å². The first-order valence-electron chi connectivity index (χ1n) is 6.80. The Morgan fingerprint density at radius 3 is 1.58 bits per heavy atom. The van der Waals surface area contributed by atoms with Crippen LogP contribution in [-0.4, -0.2) is 24.2 Å². The molecule has 0 saturated carbocycles. The van der Waals surface area contributed by atoms with Crippen LogP contribution in [0.5, 0.6) is 0 Å². The zero-order chi connectivity index (χ0) is 19.4. The smallest absolute Gasteiger partial charge is 0.332 e. The Labute approximate surface area is 144 Å². The molecule has 0 aliphatic rings. The van der Waals surface area contributed by atoms with Gasteiger partial charge in [-0.2, -0.15) is 0 Å². The van der Waals surface area contributed by atoms with Gasteiger partial charge < -0.3 is 9.84 Å². The van der Waals surface area contributed by atoms with Gasteiger partial charge in [-0.3, -0.25) is 0 Å². The molecule has 0 aliphatic carbocycles. The maximum absolute atomic E-state index is 10.2. The van der Waals surface area contributed by atoms with Crippen LogP contribution in [0.3, 0.4) is 0 Å². The van der Waals surface area contributed by atoms with Gasteiger partial charge in [-0.25, -0.2) is 9.59 Å². The summed E-state index contributed by atoms with van der Waals surface area (Å²) in [5, 5.41) is 7.60. The van der Waals surface area contributed by atoms with Crippen molar-refractivity contribution >= 4 is 18.0 Å². The lowest BCUT2D eigenvalue weighted by Crippen LogP contribution is -1.98. The summed E-state index contributed by atoms with van der Waals surface area (Å²) < 4.78 is 4.27. The Kier molecular flexibility index (Phi) is 21.3. The molecule has 0 radical (unpaired) electrons. The summed E-state index contributed by atoms with van der Waals surface area (Å²) in [6, 6.07) is 10.0. The standard InChI is InChI=1S/C8H8.C5H8O2.C4H6.C3H4O2/c1-2-8-6-4-3-5-7-8;1-4(2)5(6)7-3;1-3-4-2;1-2-3(4)5/h2-7H,1H2;1H2,2-3H3;3-4H,1-2H2;2H,1H2,(H,4,5). The molecule has 0 amide bonds. The van der Waals surface area contributed by atoms with E-state index in [1.54, 1.807) is 19.1 Å². The van der Waals surface area contributed by atoms with E-state index in [0.717, 1.165) is 6.08 Å². The number of rotatable bonds is 4. The number of ether oxygens (including phenoxy) is 1. The Balaban J connectivity index is -0.000000255. The van der Waals surface area contributed by atoms with E-state index in [-0.39, 0.29) is 5.97 Å². The predicted octanol–water partition coefficient (Wildman–Crippen LogP) is 4.68. The third-order valence-corrected chi connectivity index (χ3v) is 1.91. The molecule has 0 unspecified atom stereocenters. The molecule has 0 atom stereocenters.